The second-order valence-electron chi connectivity index (χ2n) is 7.58. The van der Waals surface area contributed by atoms with Crippen molar-refractivity contribution < 1.29 is 9.18 Å². The van der Waals surface area contributed by atoms with Gasteiger partial charge in [-0.2, -0.15) is 0 Å². The van der Waals surface area contributed by atoms with Crippen LogP contribution in [0.5, 0.6) is 0 Å². The van der Waals surface area contributed by atoms with Gasteiger partial charge in [-0.25, -0.2) is 9.37 Å². The molecule has 7 heteroatoms. The molecule has 0 unspecified atom stereocenters. The average molecular weight is 425 g/mol. The third-order valence-electron chi connectivity index (χ3n) is 5.44. The predicted molar refractivity (Wildman–Crippen MR) is 122 cm³/mol. The number of hydrogen-bond acceptors (Lipinski definition) is 5. The van der Waals surface area contributed by atoms with Crippen molar-refractivity contribution >= 4 is 34.0 Å². The molecule has 5 aromatic rings. The minimum Gasteiger partial charge on any atom is -0.337 e. The van der Waals surface area contributed by atoms with E-state index in [2.05, 4.69) is 15.5 Å². The lowest BCUT2D eigenvalue weighted by Crippen LogP contribution is -2.05. The standard InChI is InChI=1S/C25H20FN5O/c1-3-22-29-30-25-24(27-18-11-9-15(2)19(26)14-18)28-20-12-10-17(13-21(20)31(22)25)23(32)16-7-5-4-6-8-16/h4-14H,3H2,1-2H3,(H,27,28). The zero-order chi connectivity index (χ0) is 22.2. The largest absolute Gasteiger partial charge is 0.337 e. The number of carbonyl (C=O) groups is 1. The Bertz CT molecular complexity index is 1480. The van der Waals surface area contributed by atoms with E-state index in [0.29, 0.717) is 45.8 Å². The summed E-state index contributed by atoms with van der Waals surface area (Å²) in [5.74, 6) is 0.848. The molecule has 6 nitrogen and oxygen atoms in total. The molecule has 1 N–H and O–H groups in total. The monoisotopic (exact) mass is 425 g/mol. The fraction of sp³-hybridized carbons (Fsp3) is 0.120. The van der Waals surface area contributed by atoms with Crippen LogP contribution in [-0.2, 0) is 6.42 Å². The van der Waals surface area contributed by atoms with Gasteiger partial charge >= 0.3 is 0 Å². The first kappa shape index (κ1) is 19.8. The molecule has 5 rings (SSSR count). The highest BCUT2D eigenvalue weighted by atomic mass is 19.1. The molecule has 0 bridgehead atoms. The van der Waals surface area contributed by atoms with Gasteiger partial charge in [0.2, 0.25) is 5.65 Å². The van der Waals surface area contributed by atoms with Gasteiger partial charge in [-0.1, -0.05) is 43.3 Å². The molecule has 0 aliphatic rings. The van der Waals surface area contributed by atoms with Crippen molar-refractivity contribution in [2.75, 3.05) is 5.32 Å². The number of carbonyl (C=O) groups excluding carboxylic acids is 1. The number of ketones is 1. The lowest BCUT2D eigenvalue weighted by molar-refractivity contribution is 0.103. The fourth-order valence-electron chi connectivity index (χ4n) is 3.71. The molecule has 0 spiro atoms. The van der Waals surface area contributed by atoms with E-state index in [0.717, 1.165) is 11.3 Å². The van der Waals surface area contributed by atoms with E-state index in [1.165, 1.54) is 6.07 Å². The summed E-state index contributed by atoms with van der Waals surface area (Å²) in [4.78, 5) is 17.7. The molecule has 0 saturated carbocycles. The number of nitrogens with one attached hydrogen (secondary N) is 1. The van der Waals surface area contributed by atoms with E-state index in [-0.39, 0.29) is 11.6 Å². The van der Waals surface area contributed by atoms with Gasteiger partial charge in [0.15, 0.2) is 11.6 Å². The molecule has 3 aromatic carbocycles. The van der Waals surface area contributed by atoms with E-state index in [9.17, 15) is 9.18 Å². The van der Waals surface area contributed by atoms with Crippen molar-refractivity contribution in [1.82, 2.24) is 19.6 Å². The van der Waals surface area contributed by atoms with Gasteiger partial charge in [-0.3, -0.25) is 9.20 Å². The molecule has 0 amide bonds. The molecule has 0 aliphatic carbocycles. The normalized spacial score (nSPS) is 11.2. The summed E-state index contributed by atoms with van der Waals surface area (Å²) in [5.41, 5.74) is 4.24. The van der Waals surface area contributed by atoms with Gasteiger partial charge in [-0.15, -0.1) is 10.2 Å². The van der Waals surface area contributed by atoms with Crippen LogP contribution in [0.3, 0.4) is 0 Å². The zero-order valence-corrected chi connectivity index (χ0v) is 17.6. The Morgan fingerprint density at radius 3 is 2.56 bits per heavy atom. The van der Waals surface area contributed by atoms with Gasteiger partial charge in [0.1, 0.15) is 11.6 Å². The van der Waals surface area contributed by atoms with Crippen molar-refractivity contribution in [3.8, 4) is 0 Å². The summed E-state index contributed by atoms with van der Waals surface area (Å²) in [6, 6.07) is 19.5. The number of rotatable bonds is 5. The maximum Gasteiger partial charge on any atom is 0.204 e. The van der Waals surface area contributed by atoms with E-state index < -0.39 is 0 Å². The molecule has 0 radical (unpaired) electrons. The Balaban J connectivity index is 1.67. The van der Waals surface area contributed by atoms with Crippen molar-refractivity contribution in [1.29, 1.82) is 0 Å². The summed E-state index contributed by atoms with van der Waals surface area (Å²) in [5, 5.41) is 11.8. The number of aromatic nitrogens is 4. The summed E-state index contributed by atoms with van der Waals surface area (Å²) < 4.78 is 15.9. The van der Waals surface area contributed by atoms with Crippen molar-refractivity contribution in [3.63, 3.8) is 0 Å². The summed E-state index contributed by atoms with van der Waals surface area (Å²) in [7, 11) is 0. The van der Waals surface area contributed by atoms with Crippen LogP contribution in [0.25, 0.3) is 16.7 Å². The molecule has 0 fully saturated rings. The van der Waals surface area contributed by atoms with Crippen molar-refractivity contribution in [2.24, 2.45) is 0 Å². The van der Waals surface area contributed by atoms with E-state index in [1.54, 1.807) is 37.3 Å². The second-order valence-corrected chi connectivity index (χ2v) is 7.58. The van der Waals surface area contributed by atoms with Crippen LogP contribution in [0.4, 0.5) is 15.9 Å². The van der Waals surface area contributed by atoms with Gasteiger partial charge in [0, 0.05) is 23.2 Å². The van der Waals surface area contributed by atoms with Crippen LogP contribution in [0, 0.1) is 12.7 Å². The van der Waals surface area contributed by atoms with Crippen LogP contribution in [0.1, 0.15) is 34.2 Å². The lowest BCUT2D eigenvalue weighted by Gasteiger charge is -2.12. The van der Waals surface area contributed by atoms with Crippen LogP contribution in [-0.4, -0.2) is 25.4 Å². The molecular formula is C25H20FN5O. The third-order valence-corrected chi connectivity index (χ3v) is 5.44. The minimum absolute atomic E-state index is 0.0656. The van der Waals surface area contributed by atoms with Gasteiger partial charge < -0.3 is 5.32 Å². The van der Waals surface area contributed by atoms with Crippen LogP contribution < -0.4 is 5.32 Å². The quantitative estimate of drug-likeness (QED) is 0.389. The van der Waals surface area contributed by atoms with Crippen LogP contribution in [0.2, 0.25) is 0 Å². The Morgan fingerprint density at radius 1 is 1.00 bits per heavy atom. The van der Waals surface area contributed by atoms with E-state index >= 15 is 0 Å². The third kappa shape index (κ3) is 3.37. The zero-order valence-electron chi connectivity index (χ0n) is 17.6. The fourth-order valence-corrected chi connectivity index (χ4v) is 3.71. The van der Waals surface area contributed by atoms with Gasteiger partial charge in [0.05, 0.1) is 11.0 Å². The molecule has 2 aromatic heterocycles. The first-order valence-electron chi connectivity index (χ1n) is 10.4. The number of hydrogen-bond donors (Lipinski definition) is 1. The highest BCUT2D eigenvalue weighted by Crippen LogP contribution is 2.27. The number of nitrogens with zero attached hydrogens (tertiary/aromatic N) is 4. The van der Waals surface area contributed by atoms with E-state index in [4.69, 9.17) is 4.98 Å². The number of aryl methyl sites for hydroxylation is 2. The number of anilines is 2. The average Bonchev–Trinajstić information content (AvgIpc) is 3.26. The molecule has 2 heterocycles. The molecule has 158 valence electrons. The highest BCUT2D eigenvalue weighted by Gasteiger charge is 2.17. The summed E-state index contributed by atoms with van der Waals surface area (Å²) in [6.07, 6.45) is 0.649. The van der Waals surface area contributed by atoms with Crippen molar-refractivity contribution in [2.45, 2.75) is 20.3 Å². The van der Waals surface area contributed by atoms with Crippen LogP contribution >= 0.6 is 0 Å². The Hall–Kier alpha value is -4.13. The molecule has 0 saturated heterocycles. The van der Waals surface area contributed by atoms with Gasteiger partial charge in [-0.05, 0) is 42.8 Å². The first-order chi connectivity index (χ1) is 15.5. The summed E-state index contributed by atoms with van der Waals surface area (Å²) in [6.45, 7) is 3.70. The summed E-state index contributed by atoms with van der Waals surface area (Å²) >= 11 is 0. The second kappa shape index (κ2) is 7.85. The Kier molecular flexibility index (Phi) is 4.86. The first-order valence-corrected chi connectivity index (χ1v) is 10.4. The van der Waals surface area contributed by atoms with Gasteiger partial charge in [0.25, 0.3) is 0 Å². The molecule has 0 atom stereocenters. The maximum atomic E-state index is 14.0. The molecule has 32 heavy (non-hydrogen) atoms. The lowest BCUT2D eigenvalue weighted by atomic mass is 10.0. The highest BCUT2D eigenvalue weighted by molar-refractivity contribution is 6.10. The Labute approximate surface area is 183 Å². The number of fused-ring (bicyclic) bond motifs is 3. The maximum absolute atomic E-state index is 14.0. The predicted octanol–water partition coefficient (Wildman–Crippen LogP) is 5.26. The topological polar surface area (TPSA) is 72.2 Å². The minimum atomic E-state index is -0.299. The van der Waals surface area contributed by atoms with E-state index in [1.807, 2.05) is 41.7 Å². The van der Waals surface area contributed by atoms with Crippen molar-refractivity contribution in [3.05, 3.63) is 95.1 Å². The molecule has 0 aliphatic heterocycles. The van der Waals surface area contributed by atoms with Crippen LogP contribution in [0.15, 0.2) is 66.7 Å². The SMILES string of the molecule is CCc1nnc2c(Nc3ccc(C)c(F)c3)nc3ccc(C(=O)c4ccccc4)cc3n12. The smallest absolute Gasteiger partial charge is 0.204 e. The Morgan fingerprint density at radius 2 is 1.81 bits per heavy atom. The molecular weight excluding hydrogens is 405 g/mol. The number of benzene rings is 3. The number of halogens is 1.